The molecule has 0 spiro atoms. The van der Waals surface area contributed by atoms with Crippen molar-refractivity contribution in [2.24, 2.45) is 0 Å². The van der Waals surface area contributed by atoms with E-state index in [0.29, 0.717) is 39.5 Å². The Balaban J connectivity index is 1.63. The average Bonchev–Trinajstić information content (AvgIpc) is 3.00. The van der Waals surface area contributed by atoms with Gasteiger partial charge in [-0.25, -0.2) is 9.78 Å². The van der Waals surface area contributed by atoms with Crippen molar-refractivity contribution in [3.05, 3.63) is 55.9 Å². The molecule has 2 aromatic carbocycles. The van der Waals surface area contributed by atoms with Gasteiger partial charge < -0.3 is 38.8 Å². The van der Waals surface area contributed by atoms with Crippen LogP contribution >= 0.6 is 0 Å². The molecule has 3 aromatic rings. The largest absolute Gasteiger partial charge is 0.497 e. The minimum Gasteiger partial charge on any atom is -0.497 e. The minimum absolute atomic E-state index is 0.0218. The second kappa shape index (κ2) is 15.9. The number of aryl methyl sites for hydroxylation is 2. The Morgan fingerprint density at radius 2 is 1.69 bits per heavy atom. The third-order valence-corrected chi connectivity index (χ3v) is 6.36. The number of nitrogens with one attached hydrogen (secondary N) is 2. The lowest BCUT2D eigenvalue weighted by Gasteiger charge is -2.17. The molecule has 0 radical (unpaired) electrons. The topological polar surface area (TPSA) is 208 Å². The van der Waals surface area contributed by atoms with Crippen LogP contribution in [0.4, 0.5) is 0 Å². The summed E-state index contributed by atoms with van der Waals surface area (Å²) >= 11 is 0. The number of nitrogens with zero attached hydrogens (tertiary/aromatic N) is 2. The van der Waals surface area contributed by atoms with Crippen molar-refractivity contribution >= 4 is 28.7 Å². The third kappa shape index (κ3) is 9.29. The zero-order chi connectivity index (χ0) is 33.1. The average molecular weight is 631 g/mol. The Morgan fingerprint density at radius 3 is 2.31 bits per heavy atom. The quantitative estimate of drug-likeness (QED) is 0.101. The first-order valence-corrected chi connectivity index (χ1v) is 13.8. The molecule has 0 aliphatic rings. The second-order valence-electron chi connectivity index (χ2n) is 9.55. The Labute approximate surface area is 257 Å². The van der Waals surface area contributed by atoms with Gasteiger partial charge in [-0.2, -0.15) is 0 Å². The number of ether oxygens (including phenoxy) is 5. The number of esters is 2. The molecule has 1 atom stereocenters. The monoisotopic (exact) mass is 630 g/mol. The predicted octanol–water partition coefficient (Wildman–Crippen LogP) is 2.18. The molecule has 16 nitrogen and oxygen atoms in total. The number of fused-ring (bicyclic) bond motifs is 1. The van der Waals surface area contributed by atoms with E-state index in [4.69, 9.17) is 23.7 Å². The first-order valence-electron chi connectivity index (χ1n) is 13.8. The molecule has 0 saturated heterocycles. The summed E-state index contributed by atoms with van der Waals surface area (Å²) in [7, 11) is 2.96. The summed E-state index contributed by atoms with van der Waals surface area (Å²) in [5.41, 5.74) is 2.13. The zero-order valence-electron chi connectivity index (χ0n) is 25.4. The highest BCUT2D eigenvalue weighted by Gasteiger charge is 2.26. The van der Waals surface area contributed by atoms with Crippen LogP contribution in [0, 0.1) is 24.0 Å². The first kappa shape index (κ1) is 34.1. The molecule has 1 amide bonds. The van der Waals surface area contributed by atoms with E-state index in [2.05, 4.69) is 20.1 Å². The Bertz CT molecular complexity index is 1600. The van der Waals surface area contributed by atoms with Gasteiger partial charge in [0.15, 0.2) is 0 Å². The Morgan fingerprint density at radius 1 is 1.00 bits per heavy atom. The molecule has 0 fully saturated rings. The molecule has 3 rings (SSSR count). The van der Waals surface area contributed by atoms with Gasteiger partial charge in [0.2, 0.25) is 5.91 Å². The number of aromatic nitrogens is 2. The lowest BCUT2D eigenvalue weighted by Crippen LogP contribution is -2.43. The number of hydrogen-bond donors (Lipinski definition) is 2. The molecule has 0 aliphatic carbocycles. The van der Waals surface area contributed by atoms with Crippen molar-refractivity contribution in [3.63, 3.8) is 0 Å². The van der Waals surface area contributed by atoms with E-state index in [0.717, 1.165) is 11.1 Å². The van der Waals surface area contributed by atoms with Gasteiger partial charge in [0, 0.05) is 24.1 Å². The molecule has 0 bridgehead atoms. The number of benzene rings is 2. The van der Waals surface area contributed by atoms with Gasteiger partial charge in [-0.05, 0) is 37.1 Å². The molecule has 1 unspecified atom stereocenters. The van der Waals surface area contributed by atoms with Crippen molar-refractivity contribution < 1.29 is 48.0 Å². The van der Waals surface area contributed by atoms with Gasteiger partial charge in [-0.1, -0.05) is 6.92 Å². The molecular formula is C29H34N4O12. The standard InChI is InChI=1S/C29H34N4O12/c1-6-23(34)30-21(29(37)44-9-10-45-33(38)39)15-24(35)42-7-8-43-26-16(2)11-18(12-17(26)3)27-31-20-13-19(40-4)14-22(41-5)25(20)28(36)32-27/h11-14,21H,6-10,15H2,1-5H3,(H,30,34)(H,31,32,36). The summed E-state index contributed by atoms with van der Waals surface area (Å²) in [6.07, 6.45) is -0.479. The normalized spacial score (nSPS) is 11.3. The lowest BCUT2D eigenvalue weighted by molar-refractivity contribution is -0.757. The lowest BCUT2D eigenvalue weighted by atomic mass is 10.0. The third-order valence-electron chi connectivity index (χ3n) is 6.36. The number of aromatic amines is 1. The number of amides is 1. The number of H-pyrrole nitrogens is 1. The molecule has 0 saturated carbocycles. The maximum Gasteiger partial charge on any atom is 0.329 e. The van der Waals surface area contributed by atoms with Gasteiger partial charge in [-0.3, -0.25) is 14.4 Å². The highest BCUT2D eigenvalue weighted by molar-refractivity contribution is 5.88. The van der Waals surface area contributed by atoms with Crippen LogP contribution in [0.25, 0.3) is 22.3 Å². The van der Waals surface area contributed by atoms with Crippen LogP contribution in [0.5, 0.6) is 17.2 Å². The van der Waals surface area contributed by atoms with Crippen molar-refractivity contribution in [2.75, 3.05) is 40.6 Å². The first-order chi connectivity index (χ1) is 21.5. The van der Waals surface area contributed by atoms with Crippen LogP contribution in [-0.2, 0) is 28.7 Å². The van der Waals surface area contributed by atoms with Gasteiger partial charge in [-0.15, -0.1) is 10.1 Å². The SMILES string of the molecule is CCC(=O)NC(CC(=O)OCCOc1c(C)cc(-c2nc3cc(OC)cc(OC)c3c(=O)[nH]2)cc1C)C(=O)OCCO[N+](=O)[O-]. The van der Waals surface area contributed by atoms with Crippen LogP contribution in [0.2, 0.25) is 0 Å². The molecule has 16 heteroatoms. The number of carbonyl (C=O) groups is 3. The number of hydrogen-bond acceptors (Lipinski definition) is 13. The fourth-order valence-corrected chi connectivity index (χ4v) is 4.31. The Hall–Kier alpha value is -5.41. The Kier molecular flexibility index (Phi) is 12.0. The summed E-state index contributed by atoms with van der Waals surface area (Å²) in [5.74, 6) is -0.584. The molecule has 242 valence electrons. The molecular weight excluding hydrogens is 596 g/mol. The number of rotatable bonds is 16. The van der Waals surface area contributed by atoms with Gasteiger partial charge >= 0.3 is 11.9 Å². The molecule has 1 aromatic heterocycles. The molecule has 45 heavy (non-hydrogen) atoms. The highest BCUT2D eigenvalue weighted by Crippen LogP contribution is 2.31. The van der Waals surface area contributed by atoms with E-state index in [9.17, 15) is 29.3 Å². The van der Waals surface area contributed by atoms with Crippen LogP contribution in [0.1, 0.15) is 30.9 Å². The maximum absolute atomic E-state index is 12.9. The van der Waals surface area contributed by atoms with Crippen LogP contribution in [0.15, 0.2) is 29.1 Å². The molecule has 1 heterocycles. The fourth-order valence-electron chi connectivity index (χ4n) is 4.31. The van der Waals surface area contributed by atoms with Crippen molar-refractivity contribution in [1.82, 2.24) is 15.3 Å². The smallest absolute Gasteiger partial charge is 0.329 e. The molecule has 0 aliphatic heterocycles. The number of methoxy groups -OCH3 is 2. The van der Waals surface area contributed by atoms with E-state index in [1.54, 1.807) is 31.2 Å². The van der Waals surface area contributed by atoms with Crippen molar-refractivity contribution in [1.29, 1.82) is 0 Å². The van der Waals surface area contributed by atoms with E-state index in [1.165, 1.54) is 14.2 Å². The van der Waals surface area contributed by atoms with Gasteiger partial charge in [0.05, 0.1) is 26.2 Å². The van der Waals surface area contributed by atoms with Gasteiger partial charge in [0.1, 0.15) is 60.9 Å². The highest BCUT2D eigenvalue weighted by atomic mass is 17.0. The summed E-state index contributed by atoms with van der Waals surface area (Å²) < 4.78 is 26.5. The van der Waals surface area contributed by atoms with E-state index in [1.807, 2.05) is 13.8 Å². The maximum atomic E-state index is 12.9. The zero-order valence-corrected chi connectivity index (χ0v) is 25.4. The molecule has 2 N–H and O–H groups in total. The summed E-state index contributed by atoms with van der Waals surface area (Å²) in [5, 5.41) is 11.8. The van der Waals surface area contributed by atoms with Crippen LogP contribution in [-0.4, -0.2) is 79.6 Å². The second-order valence-corrected chi connectivity index (χ2v) is 9.55. The summed E-state index contributed by atoms with van der Waals surface area (Å²) in [6.45, 7) is 4.04. The van der Waals surface area contributed by atoms with E-state index in [-0.39, 0.29) is 25.2 Å². The van der Waals surface area contributed by atoms with Crippen LogP contribution < -0.4 is 25.1 Å². The fraction of sp³-hybridized carbons (Fsp3) is 0.414. The minimum atomic E-state index is -1.35. The van der Waals surface area contributed by atoms with Crippen molar-refractivity contribution in [3.8, 4) is 28.6 Å². The summed E-state index contributed by atoms with van der Waals surface area (Å²) in [4.78, 5) is 71.1. The van der Waals surface area contributed by atoms with E-state index < -0.39 is 48.6 Å². The summed E-state index contributed by atoms with van der Waals surface area (Å²) in [6, 6.07) is 5.48. The van der Waals surface area contributed by atoms with Crippen molar-refractivity contribution in [2.45, 2.75) is 39.7 Å². The number of carbonyl (C=O) groups excluding carboxylic acids is 3. The van der Waals surface area contributed by atoms with E-state index >= 15 is 0 Å². The van der Waals surface area contributed by atoms with Crippen LogP contribution in [0.3, 0.4) is 0 Å². The predicted molar refractivity (Wildman–Crippen MR) is 158 cm³/mol. The van der Waals surface area contributed by atoms with Gasteiger partial charge in [0.25, 0.3) is 10.6 Å².